The van der Waals surface area contributed by atoms with Gasteiger partial charge in [-0.25, -0.2) is 4.39 Å². The van der Waals surface area contributed by atoms with Crippen LogP contribution in [0.3, 0.4) is 0 Å². The van der Waals surface area contributed by atoms with Gasteiger partial charge in [0.2, 0.25) is 0 Å². The van der Waals surface area contributed by atoms with Crippen molar-refractivity contribution in [2.24, 2.45) is 0 Å². The highest BCUT2D eigenvalue weighted by Gasteiger charge is 2.10. The predicted octanol–water partition coefficient (Wildman–Crippen LogP) is 3.86. The van der Waals surface area contributed by atoms with Crippen LogP contribution in [0.5, 0.6) is 5.75 Å². The van der Waals surface area contributed by atoms with Gasteiger partial charge in [-0.2, -0.15) is 0 Å². The van der Waals surface area contributed by atoms with Crippen molar-refractivity contribution < 1.29 is 9.13 Å². The Labute approximate surface area is 125 Å². The van der Waals surface area contributed by atoms with E-state index in [9.17, 15) is 4.39 Å². The molecule has 1 N–H and O–H groups in total. The molecular weight excluding hydrogens is 267 g/mol. The molecule has 0 bridgehead atoms. The fourth-order valence-electron chi connectivity index (χ4n) is 2.20. The number of nitrogens with zero attached hydrogens (tertiary/aromatic N) is 1. The molecule has 2 rings (SSSR count). The molecule has 0 saturated carbocycles. The van der Waals surface area contributed by atoms with E-state index in [2.05, 4.69) is 23.3 Å². The third-order valence-corrected chi connectivity index (χ3v) is 3.28. The van der Waals surface area contributed by atoms with Crippen LogP contribution >= 0.6 is 0 Å². The molecule has 0 spiro atoms. The van der Waals surface area contributed by atoms with Gasteiger partial charge in [-0.05, 0) is 43.2 Å². The van der Waals surface area contributed by atoms with E-state index in [1.165, 1.54) is 12.3 Å². The van der Waals surface area contributed by atoms with E-state index in [1.807, 2.05) is 25.1 Å². The van der Waals surface area contributed by atoms with Gasteiger partial charge >= 0.3 is 0 Å². The van der Waals surface area contributed by atoms with Crippen LogP contribution in [0.4, 0.5) is 4.39 Å². The zero-order chi connectivity index (χ0) is 15.1. The Morgan fingerprint density at radius 3 is 2.76 bits per heavy atom. The van der Waals surface area contributed by atoms with E-state index in [4.69, 9.17) is 4.74 Å². The monoisotopic (exact) mass is 288 g/mol. The molecule has 3 nitrogen and oxygen atoms in total. The summed E-state index contributed by atoms with van der Waals surface area (Å²) in [6.45, 7) is 5.43. The summed E-state index contributed by atoms with van der Waals surface area (Å²) in [5.41, 5.74) is 2.02. The molecule has 112 valence electrons. The van der Waals surface area contributed by atoms with Crippen molar-refractivity contribution in [3.05, 3.63) is 59.7 Å². The summed E-state index contributed by atoms with van der Waals surface area (Å²) in [6.07, 6.45) is 2.15. The first-order chi connectivity index (χ1) is 10.2. The van der Waals surface area contributed by atoms with Crippen LogP contribution in [-0.4, -0.2) is 11.6 Å². The van der Waals surface area contributed by atoms with Gasteiger partial charge < -0.3 is 10.1 Å². The SMILES string of the molecule is CCOc1cccc(CNC(CC)c2ccc(F)cn2)c1. The molecule has 2 aromatic rings. The molecule has 0 fully saturated rings. The maximum absolute atomic E-state index is 12.9. The Balaban J connectivity index is 1.99. The summed E-state index contributed by atoms with van der Waals surface area (Å²) in [5, 5.41) is 3.45. The van der Waals surface area contributed by atoms with E-state index in [-0.39, 0.29) is 11.9 Å². The van der Waals surface area contributed by atoms with Gasteiger partial charge in [0.05, 0.1) is 18.5 Å². The fourth-order valence-corrected chi connectivity index (χ4v) is 2.20. The molecule has 0 aliphatic carbocycles. The van der Waals surface area contributed by atoms with Crippen molar-refractivity contribution in [2.75, 3.05) is 6.61 Å². The molecule has 1 aromatic carbocycles. The number of hydrogen-bond donors (Lipinski definition) is 1. The zero-order valence-electron chi connectivity index (χ0n) is 12.5. The minimum Gasteiger partial charge on any atom is -0.494 e. The topological polar surface area (TPSA) is 34.1 Å². The van der Waals surface area contributed by atoms with Gasteiger partial charge in [0.15, 0.2) is 0 Å². The van der Waals surface area contributed by atoms with E-state index >= 15 is 0 Å². The fraction of sp³-hybridized carbons (Fsp3) is 0.353. The molecular formula is C17H21FN2O. The van der Waals surface area contributed by atoms with Gasteiger partial charge in [-0.3, -0.25) is 4.98 Å². The Morgan fingerprint density at radius 1 is 1.24 bits per heavy atom. The van der Waals surface area contributed by atoms with Gasteiger partial charge in [-0.15, -0.1) is 0 Å². The van der Waals surface area contributed by atoms with Gasteiger partial charge in [0.25, 0.3) is 0 Å². The predicted molar refractivity (Wildman–Crippen MR) is 81.7 cm³/mol. The van der Waals surface area contributed by atoms with Crippen molar-refractivity contribution in [1.29, 1.82) is 0 Å². The first-order valence-electron chi connectivity index (χ1n) is 7.29. The lowest BCUT2D eigenvalue weighted by atomic mass is 10.1. The second kappa shape index (κ2) is 7.74. The largest absolute Gasteiger partial charge is 0.494 e. The third kappa shape index (κ3) is 4.53. The number of nitrogens with one attached hydrogen (secondary N) is 1. The van der Waals surface area contributed by atoms with E-state index in [0.717, 1.165) is 30.0 Å². The second-order valence-electron chi connectivity index (χ2n) is 4.82. The number of aromatic nitrogens is 1. The molecule has 1 aromatic heterocycles. The van der Waals surface area contributed by atoms with E-state index in [0.29, 0.717) is 6.61 Å². The molecule has 1 unspecified atom stereocenters. The van der Waals surface area contributed by atoms with Crippen LogP contribution in [-0.2, 0) is 6.54 Å². The van der Waals surface area contributed by atoms with Gasteiger partial charge in [-0.1, -0.05) is 19.1 Å². The quantitative estimate of drug-likeness (QED) is 0.840. The number of ether oxygens (including phenoxy) is 1. The lowest BCUT2D eigenvalue weighted by Gasteiger charge is -2.17. The summed E-state index contributed by atoms with van der Waals surface area (Å²) >= 11 is 0. The number of pyridine rings is 1. The summed E-state index contributed by atoms with van der Waals surface area (Å²) in [5.74, 6) is 0.572. The Morgan fingerprint density at radius 2 is 2.10 bits per heavy atom. The van der Waals surface area contributed by atoms with Crippen molar-refractivity contribution in [3.63, 3.8) is 0 Å². The molecule has 0 aliphatic heterocycles. The molecule has 0 saturated heterocycles. The second-order valence-corrected chi connectivity index (χ2v) is 4.82. The molecule has 1 heterocycles. The Kier molecular flexibility index (Phi) is 5.69. The first kappa shape index (κ1) is 15.4. The molecule has 0 aliphatic rings. The van der Waals surface area contributed by atoms with Crippen LogP contribution in [0.15, 0.2) is 42.6 Å². The molecule has 4 heteroatoms. The van der Waals surface area contributed by atoms with Crippen LogP contribution in [0.25, 0.3) is 0 Å². The van der Waals surface area contributed by atoms with Crippen LogP contribution < -0.4 is 10.1 Å². The minimum atomic E-state index is -0.307. The van der Waals surface area contributed by atoms with Crippen LogP contribution in [0.1, 0.15) is 37.6 Å². The summed E-state index contributed by atoms with van der Waals surface area (Å²) < 4.78 is 18.4. The van der Waals surface area contributed by atoms with E-state index in [1.54, 1.807) is 6.07 Å². The number of rotatable bonds is 7. The van der Waals surface area contributed by atoms with Crippen LogP contribution in [0, 0.1) is 5.82 Å². The molecule has 0 radical (unpaired) electrons. The lowest BCUT2D eigenvalue weighted by Crippen LogP contribution is -2.21. The molecule has 0 amide bonds. The van der Waals surface area contributed by atoms with Crippen LogP contribution in [0.2, 0.25) is 0 Å². The van der Waals surface area contributed by atoms with Gasteiger partial charge in [0.1, 0.15) is 11.6 Å². The molecule has 21 heavy (non-hydrogen) atoms. The third-order valence-electron chi connectivity index (χ3n) is 3.28. The number of benzene rings is 1. The van der Waals surface area contributed by atoms with Crippen molar-refractivity contribution >= 4 is 0 Å². The van der Waals surface area contributed by atoms with Crippen molar-refractivity contribution in [1.82, 2.24) is 10.3 Å². The standard InChI is InChI=1S/C17H21FN2O/c1-3-16(17-9-8-14(18)12-20-17)19-11-13-6-5-7-15(10-13)21-4-2/h5-10,12,16,19H,3-4,11H2,1-2H3. The minimum absolute atomic E-state index is 0.112. The maximum atomic E-state index is 12.9. The van der Waals surface area contributed by atoms with Crippen molar-refractivity contribution in [3.8, 4) is 5.75 Å². The summed E-state index contributed by atoms with van der Waals surface area (Å²) in [7, 11) is 0. The summed E-state index contributed by atoms with van der Waals surface area (Å²) in [4.78, 5) is 4.15. The van der Waals surface area contributed by atoms with Crippen molar-refractivity contribution in [2.45, 2.75) is 32.9 Å². The zero-order valence-corrected chi connectivity index (χ0v) is 12.5. The number of hydrogen-bond acceptors (Lipinski definition) is 3. The maximum Gasteiger partial charge on any atom is 0.141 e. The van der Waals surface area contributed by atoms with Gasteiger partial charge in [0, 0.05) is 12.6 Å². The Hall–Kier alpha value is -1.94. The smallest absolute Gasteiger partial charge is 0.141 e. The Bertz CT molecular complexity index is 557. The highest BCUT2D eigenvalue weighted by Crippen LogP contribution is 2.17. The average molecular weight is 288 g/mol. The summed E-state index contributed by atoms with van der Waals surface area (Å²) in [6, 6.07) is 11.3. The molecule has 1 atom stereocenters. The normalized spacial score (nSPS) is 12.1. The number of halogens is 1. The lowest BCUT2D eigenvalue weighted by molar-refractivity contribution is 0.339. The first-order valence-corrected chi connectivity index (χ1v) is 7.29. The average Bonchev–Trinajstić information content (AvgIpc) is 2.50. The highest BCUT2D eigenvalue weighted by atomic mass is 19.1. The van der Waals surface area contributed by atoms with E-state index < -0.39 is 0 Å². The highest BCUT2D eigenvalue weighted by molar-refractivity contribution is 5.28.